The van der Waals surface area contributed by atoms with Crippen LogP contribution < -0.4 is 4.90 Å². The SMILES string of the molecule is C[C@H](C[S@](C)=O)N(C)c1ccc(C(F)(F)F)cn1. The van der Waals surface area contributed by atoms with Crippen molar-refractivity contribution in [1.82, 2.24) is 4.98 Å². The number of hydrogen-bond acceptors (Lipinski definition) is 3. The highest BCUT2D eigenvalue weighted by molar-refractivity contribution is 7.84. The molecule has 0 saturated carbocycles. The van der Waals surface area contributed by atoms with E-state index in [1.54, 1.807) is 18.2 Å². The summed E-state index contributed by atoms with van der Waals surface area (Å²) in [5.41, 5.74) is -0.772. The third-order valence-electron chi connectivity index (χ3n) is 2.57. The summed E-state index contributed by atoms with van der Waals surface area (Å²) < 4.78 is 48.2. The lowest BCUT2D eigenvalue weighted by molar-refractivity contribution is -0.137. The highest BCUT2D eigenvalue weighted by Crippen LogP contribution is 2.29. The number of pyridine rings is 1. The van der Waals surface area contributed by atoms with Crippen LogP contribution in [-0.2, 0) is 17.0 Å². The number of anilines is 1. The fraction of sp³-hybridized carbons (Fsp3) is 0.545. The molecule has 0 unspecified atom stereocenters. The minimum absolute atomic E-state index is 0.0555. The number of rotatable bonds is 4. The molecule has 102 valence electrons. The first-order valence-corrected chi connectivity index (χ1v) is 7.00. The lowest BCUT2D eigenvalue weighted by atomic mass is 10.2. The molecule has 2 atom stereocenters. The van der Waals surface area contributed by atoms with Crippen LogP contribution >= 0.6 is 0 Å². The smallest absolute Gasteiger partial charge is 0.356 e. The summed E-state index contributed by atoms with van der Waals surface area (Å²) in [5.74, 6) is 0.875. The molecule has 0 radical (unpaired) electrons. The molecule has 0 amide bonds. The van der Waals surface area contributed by atoms with Gasteiger partial charge in [0, 0.05) is 42.1 Å². The van der Waals surface area contributed by atoms with Crippen molar-refractivity contribution in [2.75, 3.05) is 24.0 Å². The summed E-state index contributed by atoms with van der Waals surface area (Å²) in [5, 5.41) is 0. The van der Waals surface area contributed by atoms with Crippen LogP contribution in [0.3, 0.4) is 0 Å². The molecule has 18 heavy (non-hydrogen) atoms. The molecule has 0 bridgehead atoms. The van der Waals surface area contributed by atoms with Gasteiger partial charge in [-0.25, -0.2) is 4.98 Å². The molecule has 0 aliphatic rings. The first kappa shape index (κ1) is 14.9. The van der Waals surface area contributed by atoms with Gasteiger partial charge in [0.2, 0.25) is 0 Å². The summed E-state index contributed by atoms with van der Waals surface area (Å²) in [7, 11) is 0.757. The van der Waals surface area contributed by atoms with E-state index in [1.807, 2.05) is 6.92 Å². The van der Waals surface area contributed by atoms with Gasteiger partial charge in [0.05, 0.1) is 5.56 Å². The van der Waals surface area contributed by atoms with Crippen molar-refractivity contribution < 1.29 is 17.4 Å². The zero-order chi connectivity index (χ0) is 13.9. The quantitative estimate of drug-likeness (QED) is 0.848. The van der Waals surface area contributed by atoms with Crippen LogP contribution in [0.1, 0.15) is 12.5 Å². The van der Waals surface area contributed by atoms with Gasteiger partial charge in [0.1, 0.15) is 5.82 Å². The second-order valence-electron chi connectivity index (χ2n) is 4.10. The zero-order valence-electron chi connectivity index (χ0n) is 10.4. The maximum Gasteiger partial charge on any atom is 0.417 e. The monoisotopic (exact) mass is 280 g/mol. The standard InChI is InChI=1S/C11H15F3N2OS/c1-8(7-18(3)17)16(2)10-5-4-9(6-15-10)11(12,13)14/h4-6,8H,7H2,1-3H3/t8-,18+/m1/s1. The van der Waals surface area contributed by atoms with E-state index in [1.165, 1.54) is 6.07 Å². The van der Waals surface area contributed by atoms with Gasteiger partial charge in [-0.3, -0.25) is 4.21 Å². The normalized spacial score (nSPS) is 15.2. The molecule has 7 heteroatoms. The van der Waals surface area contributed by atoms with Gasteiger partial charge in [-0.2, -0.15) is 13.2 Å². The summed E-state index contributed by atoms with van der Waals surface area (Å²) in [6.45, 7) is 1.85. The van der Waals surface area contributed by atoms with Crippen molar-refractivity contribution in [3.05, 3.63) is 23.9 Å². The van der Waals surface area contributed by atoms with Crippen LogP contribution in [0.15, 0.2) is 18.3 Å². The summed E-state index contributed by atoms with van der Waals surface area (Å²) in [6.07, 6.45) is -1.98. The minimum atomic E-state index is -4.37. The van der Waals surface area contributed by atoms with E-state index in [0.717, 1.165) is 12.3 Å². The second kappa shape index (κ2) is 5.69. The van der Waals surface area contributed by atoms with Crippen LogP contribution in [-0.4, -0.2) is 34.3 Å². The Morgan fingerprint density at radius 3 is 2.44 bits per heavy atom. The van der Waals surface area contributed by atoms with Crippen molar-refractivity contribution in [2.24, 2.45) is 0 Å². The average Bonchev–Trinajstić information content (AvgIpc) is 2.26. The Morgan fingerprint density at radius 2 is 2.06 bits per heavy atom. The first-order chi connectivity index (χ1) is 8.21. The predicted octanol–water partition coefficient (Wildman–Crippen LogP) is 2.30. The Balaban J connectivity index is 2.82. The number of alkyl halides is 3. The first-order valence-electron chi connectivity index (χ1n) is 5.28. The molecule has 1 aromatic heterocycles. The van der Waals surface area contributed by atoms with E-state index in [-0.39, 0.29) is 6.04 Å². The van der Waals surface area contributed by atoms with Crippen molar-refractivity contribution in [2.45, 2.75) is 19.1 Å². The third-order valence-corrected chi connectivity index (χ3v) is 3.53. The van der Waals surface area contributed by atoms with E-state index < -0.39 is 22.5 Å². The molecule has 1 heterocycles. The van der Waals surface area contributed by atoms with Gasteiger partial charge >= 0.3 is 6.18 Å². The molecule has 3 nitrogen and oxygen atoms in total. The van der Waals surface area contributed by atoms with Crippen LogP contribution in [0, 0.1) is 0 Å². The fourth-order valence-electron chi connectivity index (χ4n) is 1.44. The molecule has 0 saturated heterocycles. The molecule has 1 aromatic rings. The van der Waals surface area contributed by atoms with Gasteiger partial charge < -0.3 is 4.90 Å². The van der Waals surface area contributed by atoms with E-state index in [9.17, 15) is 17.4 Å². The highest BCUT2D eigenvalue weighted by Gasteiger charge is 2.30. The van der Waals surface area contributed by atoms with Crippen molar-refractivity contribution in [3.63, 3.8) is 0 Å². The minimum Gasteiger partial charge on any atom is -0.356 e. The van der Waals surface area contributed by atoms with Crippen LogP contribution in [0.4, 0.5) is 19.0 Å². The topological polar surface area (TPSA) is 33.2 Å². The van der Waals surface area contributed by atoms with Gasteiger partial charge in [-0.05, 0) is 19.1 Å². The number of aromatic nitrogens is 1. The molecule has 0 aliphatic heterocycles. The number of halogens is 3. The van der Waals surface area contributed by atoms with Gasteiger partial charge in [0.25, 0.3) is 0 Å². The van der Waals surface area contributed by atoms with Crippen molar-refractivity contribution in [1.29, 1.82) is 0 Å². The van der Waals surface area contributed by atoms with E-state index >= 15 is 0 Å². The van der Waals surface area contributed by atoms with E-state index in [4.69, 9.17) is 0 Å². The molecule has 0 aliphatic carbocycles. The number of hydrogen-bond donors (Lipinski definition) is 0. The largest absolute Gasteiger partial charge is 0.417 e. The molecule has 0 fully saturated rings. The predicted molar refractivity (Wildman–Crippen MR) is 66.0 cm³/mol. The van der Waals surface area contributed by atoms with Gasteiger partial charge in [-0.1, -0.05) is 0 Å². The lowest BCUT2D eigenvalue weighted by Gasteiger charge is -2.25. The maximum absolute atomic E-state index is 12.4. The number of nitrogens with zero attached hydrogens (tertiary/aromatic N) is 2. The molecule has 0 N–H and O–H groups in total. The second-order valence-corrected chi connectivity index (χ2v) is 5.58. The summed E-state index contributed by atoms with van der Waals surface area (Å²) >= 11 is 0. The van der Waals surface area contributed by atoms with E-state index in [0.29, 0.717) is 11.6 Å². The van der Waals surface area contributed by atoms with Gasteiger partial charge in [-0.15, -0.1) is 0 Å². The Bertz CT molecular complexity index is 419. The summed E-state index contributed by atoms with van der Waals surface area (Å²) in [6, 6.07) is 2.26. The van der Waals surface area contributed by atoms with Crippen LogP contribution in [0.5, 0.6) is 0 Å². The highest BCUT2D eigenvalue weighted by atomic mass is 32.2. The fourth-order valence-corrected chi connectivity index (χ4v) is 2.34. The zero-order valence-corrected chi connectivity index (χ0v) is 11.2. The van der Waals surface area contributed by atoms with Crippen molar-refractivity contribution >= 4 is 16.6 Å². The average molecular weight is 280 g/mol. The lowest BCUT2D eigenvalue weighted by Crippen LogP contribution is -2.33. The maximum atomic E-state index is 12.4. The summed E-state index contributed by atoms with van der Waals surface area (Å²) in [4.78, 5) is 5.49. The Morgan fingerprint density at radius 1 is 1.44 bits per heavy atom. The third kappa shape index (κ3) is 3.97. The van der Waals surface area contributed by atoms with Crippen LogP contribution in [0.25, 0.3) is 0 Å². The molecule has 1 rings (SSSR count). The Hall–Kier alpha value is -1.11. The molecular weight excluding hydrogens is 265 g/mol. The molecule has 0 spiro atoms. The van der Waals surface area contributed by atoms with E-state index in [2.05, 4.69) is 4.98 Å². The van der Waals surface area contributed by atoms with Gasteiger partial charge in [0.15, 0.2) is 0 Å². The van der Waals surface area contributed by atoms with Crippen LogP contribution in [0.2, 0.25) is 0 Å². The molecular formula is C11H15F3N2OS. The molecule has 0 aromatic carbocycles. The van der Waals surface area contributed by atoms with Crippen molar-refractivity contribution in [3.8, 4) is 0 Å². The Labute approximate surface area is 106 Å². The Kier molecular flexibility index (Phi) is 4.72.